The summed E-state index contributed by atoms with van der Waals surface area (Å²) < 4.78 is 54.6. The molecule has 4 heterocycles. The Morgan fingerprint density at radius 3 is 1.71 bits per heavy atom. The normalized spacial score (nSPS) is 14.9. The zero-order valence-corrected chi connectivity index (χ0v) is 33.7. The lowest BCUT2D eigenvalue weighted by Gasteiger charge is -2.31. The quantitative estimate of drug-likeness (QED) is 0.163. The minimum atomic E-state index is -2.70. The molecule has 2 amide bonds. The smallest absolute Gasteiger partial charge is 0.254 e. The van der Waals surface area contributed by atoms with Crippen molar-refractivity contribution in [2.24, 2.45) is 0 Å². The van der Waals surface area contributed by atoms with E-state index < -0.39 is 5.92 Å². The van der Waals surface area contributed by atoms with Crippen LogP contribution < -0.4 is 29.6 Å². The fourth-order valence-corrected chi connectivity index (χ4v) is 6.13. The molecule has 6 rings (SSSR count). The fourth-order valence-electron chi connectivity index (χ4n) is 5.47. The van der Waals surface area contributed by atoms with E-state index in [1.54, 1.807) is 60.8 Å². The first kappa shape index (κ1) is 41.3. The van der Waals surface area contributed by atoms with E-state index in [4.69, 9.17) is 23.7 Å². The number of morpholine rings is 1. The van der Waals surface area contributed by atoms with Gasteiger partial charge in [0.15, 0.2) is 0 Å². The minimum absolute atomic E-state index is 0.0285. The average molecular weight is 895 g/mol. The van der Waals surface area contributed by atoms with Gasteiger partial charge in [0, 0.05) is 50.1 Å². The summed E-state index contributed by atoms with van der Waals surface area (Å²) in [7, 11) is 4.52. The number of aromatic nitrogens is 4. The maximum absolute atomic E-state index is 13.3. The molecule has 0 aliphatic carbocycles. The summed E-state index contributed by atoms with van der Waals surface area (Å²) in [5, 5.41) is 6.11. The highest BCUT2D eigenvalue weighted by Crippen LogP contribution is 2.33. The largest absolute Gasteiger partial charge is 0.495 e. The average Bonchev–Trinajstić information content (AvgIpc) is 3.20. The van der Waals surface area contributed by atoms with E-state index in [1.165, 1.54) is 19.1 Å². The highest BCUT2D eigenvalue weighted by Gasteiger charge is 2.36. The predicted molar refractivity (Wildman–Crippen MR) is 207 cm³/mol. The Morgan fingerprint density at radius 2 is 1.24 bits per heavy atom. The van der Waals surface area contributed by atoms with Gasteiger partial charge in [0.05, 0.1) is 73.9 Å². The molecule has 2 fully saturated rings. The summed E-state index contributed by atoms with van der Waals surface area (Å²) in [6, 6.07) is 10.1. The lowest BCUT2D eigenvalue weighted by atomic mass is 10.1. The number of amides is 2. The monoisotopic (exact) mass is 892 g/mol. The van der Waals surface area contributed by atoms with Gasteiger partial charge in [-0.05, 0) is 75.2 Å². The van der Waals surface area contributed by atoms with E-state index in [0.29, 0.717) is 93.6 Å². The molecule has 0 saturated carbocycles. The number of carbonyl (C=O) groups excluding carboxylic acids is 2. The molecule has 15 nitrogen and oxygen atoms in total. The van der Waals surface area contributed by atoms with Gasteiger partial charge >= 0.3 is 0 Å². The Morgan fingerprint density at radius 1 is 0.764 bits per heavy atom. The van der Waals surface area contributed by atoms with E-state index in [9.17, 15) is 18.4 Å². The molecule has 19 heteroatoms. The Labute approximate surface area is 333 Å². The number of methoxy groups -OCH3 is 3. The van der Waals surface area contributed by atoms with Gasteiger partial charge in [-0.3, -0.25) is 9.59 Å². The maximum Gasteiger partial charge on any atom is 0.254 e. The second-order valence-corrected chi connectivity index (χ2v) is 13.7. The van der Waals surface area contributed by atoms with Crippen LogP contribution in [-0.2, 0) is 4.74 Å². The zero-order valence-electron chi connectivity index (χ0n) is 30.5. The van der Waals surface area contributed by atoms with E-state index in [0.717, 1.165) is 0 Å². The molecule has 0 radical (unpaired) electrons. The van der Waals surface area contributed by atoms with Crippen molar-refractivity contribution in [1.82, 2.24) is 29.7 Å². The van der Waals surface area contributed by atoms with Crippen LogP contribution in [0.1, 0.15) is 40.5 Å². The van der Waals surface area contributed by atoms with Gasteiger partial charge in [0.1, 0.15) is 11.5 Å². The summed E-state index contributed by atoms with van der Waals surface area (Å²) in [6.07, 6.45) is 2.52. The van der Waals surface area contributed by atoms with Crippen LogP contribution in [0.25, 0.3) is 0 Å². The standard InChI is InChI=1S/C18H19BrF2N4O3.C18H21BrN4O4/c1-27-14-9-11(16(26)25-7-5-18(20,21)6-8-25)3-4-13(14)23-17-22-10-12(19)15(24-17)28-2;1-3-27-16-13(19)11-20-18(22-16)21-14-5-4-12(10-15(14)25-2)17(24)23-6-8-26-9-7-23/h3-4,9-10H,5-8H2,1-2H3,(H,22,23,24);4-5,10-11H,3,6-9H2,1-2H3,(H,20,21,22). The number of halogens is 4. The molecular formula is C36H40Br2F2N8O7. The highest BCUT2D eigenvalue weighted by atomic mass is 79.9. The number of nitrogens with one attached hydrogen (secondary N) is 2. The SMILES string of the molecule is CCOc1nc(Nc2ccc(C(=O)N3CCOCC3)cc2OC)ncc1Br.COc1cc(C(=O)N2CCC(F)(F)CC2)ccc1Nc1ncc(Br)c(OC)n1. The van der Waals surface area contributed by atoms with Crippen LogP contribution in [0.4, 0.5) is 32.1 Å². The van der Waals surface area contributed by atoms with Crippen molar-refractivity contribution in [3.8, 4) is 23.3 Å². The molecule has 0 bridgehead atoms. The van der Waals surface area contributed by atoms with Crippen LogP contribution >= 0.6 is 31.9 Å². The molecule has 2 aromatic heterocycles. The van der Waals surface area contributed by atoms with Crippen molar-refractivity contribution in [2.75, 3.05) is 78.0 Å². The summed E-state index contributed by atoms with van der Waals surface area (Å²) in [4.78, 5) is 45.4. The lowest BCUT2D eigenvalue weighted by molar-refractivity contribution is -0.0494. The van der Waals surface area contributed by atoms with E-state index in [-0.39, 0.29) is 43.7 Å². The summed E-state index contributed by atoms with van der Waals surface area (Å²) >= 11 is 6.64. The van der Waals surface area contributed by atoms with Gasteiger partial charge in [0.2, 0.25) is 23.7 Å². The van der Waals surface area contributed by atoms with Crippen molar-refractivity contribution in [1.29, 1.82) is 0 Å². The van der Waals surface area contributed by atoms with Gasteiger partial charge in [-0.15, -0.1) is 0 Å². The number of hydrogen-bond acceptors (Lipinski definition) is 13. The van der Waals surface area contributed by atoms with Crippen molar-refractivity contribution in [3.63, 3.8) is 0 Å². The third kappa shape index (κ3) is 10.9. The molecule has 4 aromatic rings. The van der Waals surface area contributed by atoms with E-state index >= 15 is 0 Å². The van der Waals surface area contributed by atoms with Crippen molar-refractivity contribution >= 4 is 66.9 Å². The lowest BCUT2D eigenvalue weighted by Crippen LogP contribution is -2.42. The Bertz CT molecular complexity index is 1960. The van der Waals surface area contributed by atoms with Crippen LogP contribution in [0.2, 0.25) is 0 Å². The van der Waals surface area contributed by atoms with Gasteiger partial charge < -0.3 is 44.1 Å². The number of nitrogens with zero attached hydrogens (tertiary/aromatic N) is 6. The van der Waals surface area contributed by atoms with Crippen LogP contribution in [0.3, 0.4) is 0 Å². The van der Waals surface area contributed by atoms with Crippen molar-refractivity contribution in [3.05, 3.63) is 68.9 Å². The molecule has 2 saturated heterocycles. The van der Waals surface area contributed by atoms with Crippen LogP contribution in [-0.4, -0.2) is 115 Å². The summed E-state index contributed by atoms with van der Waals surface area (Å²) in [6.45, 7) is 4.74. The minimum Gasteiger partial charge on any atom is -0.495 e. The number of piperidine rings is 1. The molecular weight excluding hydrogens is 854 g/mol. The topological polar surface area (TPSA) is 162 Å². The summed E-state index contributed by atoms with van der Waals surface area (Å²) in [5.41, 5.74) is 2.13. The van der Waals surface area contributed by atoms with Gasteiger partial charge in [-0.1, -0.05) is 0 Å². The van der Waals surface area contributed by atoms with Crippen molar-refractivity contribution < 1.29 is 42.1 Å². The first-order valence-electron chi connectivity index (χ1n) is 17.1. The Balaban J connectivity index is 0.000000211. The number of benzene rings is 2. The van der Waals surface area contributed by atoms with Crippen LogP contribution in [0, 0.1) is 0 Å². The van der Waals surface area contributed by atoms with Gasteiger partial charge in [0.25, 0.3) is 17.7 Å². The maximum atomic E-state index is 13.3. The number of anilines is 4. The molecule has 2 N–H and O–H groups in total. The van der Waals surface area contributed by atoms with Gasteiger partial charge in [-0.25, -0.2) is 18.7 Å². The third-order valence-corrected chi connectivity index (χ3v) is 9.46. The van der Waals surface area contributed by atoms with Gasteiger partial charge in [-0.2, -0.15) is 9.97 Å². The predicted octanol–water partition coefficient (Wildman–Crippen LogP) is 6.73. The van der Waals surface area contributed by atoms with Crippen molar-refractivity contribution in [2.45, 2.75) is 25.7 Å². The number of ether oxygens (including phenoxy) is 5. The Hall–Kier alpha value is -4.88. The van der Waals surface area contributed by atoms with E-state index in [2.05, 4.69) is 62.4 Å². The summed E-state index contributed by atoms with van der Waals surface area (Å²) in [5.74, 6) is -0.643. The number of carbonyl (C=O) groups is 2. The first-order chi connectivity index (χ1) is 26.4. The molecule has 2 aliphatic rings. The molecule has 0 atom stereocenters. The van der Waals surface area contributed by atoms with Crippen LogP contribution in [0.15, 0.2) is 57.7 Å². The third-order valence-electron chi connectivity index (χ3n) is 8.37. The second-order valence-electron chi connectivity index (χ2n) is 12.0. The number of likely N-dealkylation sites (tertiary alicyclic amines) is 1. The molecule has 55 heavy (non-hydrogen) atoms. The number of hydrogen-bond donors (Lipinski definition) is 2. The zero-order chi connectivity index (χ0) is 39.5. The highest BCUT2D eigenvalue weighted by molar-refractivity contribution is 9.10. The molecule has 0 spiro atoms. The first-order valence-corrected chi connectivity index (χ1v) is 18.7. The second kappa shape index (κ2) is 19.1. The molecule has 2 aromatic carbocycles. The Kier molecular flexibility index (Phi) is 14.4. The fraction of sp³-hybridized carbons (Fsp3) is 0.389. The molecule has 0 unspecified atom stereocenters. The van der Waals surface area contributed by atoms with E-state index in [1.807, 2.05) is 6.92 Å². The molecule has 2 aliphatic heterocycles. The number of alkyl halides is 2. The van der Waals surface area contributed by atoms with Crippen LogP contribution in [0.5, 0.6) is 23.3 Å². The number of rotatable bonds is 11. The molecule has 294 valence electrons.